The van der Waals surface area contributed by atoms with Crippen LogP contribution in [0.15, 0.2) is 46.0 Å². The Labute approximate surface area is 192 Å². The molecule has 2 N–H and O–H groups in total. The third kappa shape index (κ3) is 6.68. The van der Waals surface area contributed by atoms with Gasteiger partial charge in [0.15, 0.2) is 0 Å². The lowest BCUT2D eigenvalue weighted by Crippen LogP contribution is -2.29. The third-order valence-corrected chi connectivity index (χ3v) is 5.63. The van der Waals surface area contributed by atoms with Gasteiger partial charge in [-0.1, -0.05) is 22.4 Å². The summed E-state index contributed by atoms with van der Waals surface area (Å²) >= 11 is 0. The minimum atomic E-state index is -4.58. The standard InChI is InChI=1S/C24H31F3N4O2/c1-16(2)6-4-7-17(3)11-13-32-21-10-9-18(14-19(21)24(25,26)27)22-29-23(33-30-22)20-8-5-12-31(20)15-28/h6,9-11,14,20H,4-5,7-8,12-13,15,28H2,1-3H3/b17-11+/t20-/m0/s1. The molecular weight excluding hydrogens is 433 g/mol. The van der Waals surface area contributed by atoms with Crippen LogP contribution in [-0.4, -0.2) is 34.9 Å². The molecule has 0 saturated carbocycles. The Morgan fingerprint density at radius 1 is 1.27 bits per heavy atom. The molecule has 0 bridgehead atoms. The molecule has 2 heterocycles. The number of hydrogen-bond acceptors (Lipinski definition) is 6. The first-order valence-corrected chi connectivity index (χ1v) is 11.1. The number of nitrogens with two attached hydrogens (primary N) is 1. The number of aromatic nitrogens is 2. The molecule has 0 amide bonds. The second-order valence-corrected chi connectivity index (χ2v) is 8.50. The molecule has 2 aromatic rings. The molecule has 6 nitrogen and oxygen atoms in total. The molecule has 180 valence electrons. The SMILES string of the molecule is CC(C)=CCC/C(C)=C/COc1ccc(-c2noc([C@@H]3CCCN3CN)n2)cc1C(F)(F)F. The van der Waals surface area contributed by atoms with Crippen molar-refractivity contribution in [1.29, 1.82) is 0 Å². The fraction of sp³-hybridized carbons (Fsp3) is 0.500. The highest BCUT2D eigenvalue weighted by atomic mass is 19.4. The zero-order chi connectivity index (χ0) is 24.0. The highest BCUT2D eigenvalue weighted by Crippen LogP contribution is 2.39. The van der Waals surface area contributed by atoms with E-state index in [0.29, 0.717) is 12.6 Å². The summed E-state index contributed by atoms with van der Waals surface area (Å²) in [6.07, 6.45) is 2.85. The summed E-state index contributed by atoms with van der Waals surface area (Å²) in [4.78, 5) is 6.35. The maximum atomic E-state index is 13.7. The van der Waals surface area contributed by atoms with E-state index < -0.39 is 11.7 Å². The van der Waals surface area contributed by atoms with Gasteiger partial charge in [0.05, 0.1) is 11.6 Å². The van der Waals surface area contributed by atoms with Gasteiger partial charge in [0, 0.05) is 18.8 Å². The number of rotatable bonds is 9. The summed E-state index contributed by atoms with van der Waals surface area (Å²) < 4.78 is 52.0. The summed E-state index contributed by atoms with van der Waals surface area (Å²) in [6.45, 7) is 7.25. The highest BCUT2D eigenvalue weighted by Gasteiger charge is 2.35. The van der Waals surface area contributed by atoms with Crippen molar-refractivity contribution >= 4 is 0 Å². The number of allylic oxidation sites excluding steroid dienone is 3. The van der Waals surface area contributed by atoms with Crippen LogP contribution in [-0.2, 0) is 6.18 Å². The van der Waals surface area contributed by atoms with Crippen LogP contribution < -0.4 is 10.5 Å². The van der Waals surface area contributed by atoms with Crippen molar-refractivity contribution in [3.8, 4) is 17.1 Å². The van der Waals surface area contributed by atoms with Crippen LogP contribution in [0.4, 0.5) is 13.2 Å². The molecule has 0 aliphatic carbocycles. The first kappa shape index (κ1) is 25.0. The first-order valence-electron chi connectivity index (χ1n) is 11.1. The monoisotopic (exact) mass is 464 g/mol. The fourth-order valence-electron chi connectivity index (χ4n) is 3.79. The molecule has 1 saturated heterocycles. The van der Waals surface area contributed by atoms with Gasteiger partial charge in [-0.2, -0.15) is 18.2 Å². The lowest BCUT2D eigenvalue weighted by Gasteiger charge is -2.18. The van der Waals surface area contributed by atoms with Crippen molar-refractivity contribution in [2.75, 3.05) is 19.8 Å². The predicted octanol–water partition coefficient (Wildman–Crippen LogP) is 5.88. The van der Waals surface area contributed by atoms with Crippen LogP contribution in [0, 0.1) is 0 Å². The maximum absolute atomic E-state index is 13.7. The van der Waals surface area contributed by atoms with E-state index in [4.69, 9.17) is 15.0 Å². The zero-order valence-corrected chi connectivity index (χ0v) is 19.3. The van der Waals surface area contributed by atoms with E-state index in [1.54, 1.807) is 0 Å². The van der Waals surface area contributed by atoms with Gasteiger partial charge in [-0.3, -0.25) is 4.90 Å². The van der Waals surface area contributed by atoms with Crippen molar-refractivity contribution in [1.82, 2.24) is 15.0 Å². The molecule has 1 fully saturated rings. The normalized spacial score (nSPS) is 17.4. The highest BCUT2D eigenvalue weighted by molar-refractivity contribution is 5.59. The Hall–Kier alpha value is -2.65. The topological polar surface area (TPSA) is 77.4 Å². The van der Waals surface area contributed by atoms with Crippen molar-refractivity contribution < 1.29 is 22.4 Å². The van der Waals surface area contributed by atoms with Gasteiger partial charge in [0.1, 0.15) is 12.4 Å². The minimum absolute atomic E-state index is 0.0616. The fourth-order valence-corrected chi connectivity index (χ4v) is 3.79. The number of likely N-dealkylation sites (tertiary alicyclic amines) is 1. The molecule has 0 spiro atoms. The predicted molar refractivity (Wildman–Crippen MR) is 120 cm³/mol. The lowest BCUT2D eigenvalue weighted by atomic mass is 10.1. The number of hydrogen-bond donors (Lipinski definition) is 1. The number of nitrogens with zero attached hydrogens (tertiary/aromatic N) is 3. The Balaban J connectivity index is 1.74. The summed E-state index contributed by atoms with van der Waals surface area (Å²) in [7, 11) is 0. The largest absolute Gasteiger partial charge is 0.489 e. The van der Waals surface area contributed by atoms with Crippen molar-refractivity contribution in [2.24, 2.45) is 5.73 Å². The molecule has 3 rings (SSSR count). The van der Waals surface area contributed by atoms with E-state index in [2.05, 4.69) is 16.2 Å². The molecule has 9 heteroatoms. The molecule has 1 aliphatic rings. The second-order valence-electron chi connectivity index (χ2n) is 8.50. The van der Waals surface area contributed by atoms with E-state index in [1.807, 2.05) is 31.7 Å². The van der Waals surface area contributed by atoms with Crippen LogP contribution in [0.5, 0.6) is 5.75 Å². The van der Waals surface area contributed by atoms with Crippen LogP contribution in [0.25, 0.3) is 11.4 Å². The van der Waals surface area contributed by atoms with E-state index in [0.717, 1.165) is 43.9 Å². The van der Waals surface area contributed by atoms with Gasteiger partial charge in [0.25, 0.3) is 0 Å². The molecule has 0 unspecified atom stereocenters. The number of halogens is 3. The van der Waals surface area contributed by atoms with Crippen LogP contribution in [0.2, 0.25) is 0 Å². The summed E-state index contributed by atoms with van der Waals surface area (Å²) in [6, 6.07) is 3.72. The molecule has 1 aromatic carbocycles. The molecule has 1 atom stereocenters. The van der Waals surface area contributed by atoms with Crippen molar-refractivity contribution in [3.05, 3.63) is 53.0 Å². The van der Waals surface area contributed by atoms with Crippen LogP contribution in [0.3, 0.4) is 0 Å². The van der Waals surface area contributed by atoms with Crippen molar-refractivity contribution in [3.63, 3.8) is 0 Å². The molecule has 33 heavy (non-hydrogen) atoms. The van der Waals surface area contributed by atoms with Gasteiger partial charge in [-0.25, -0.2) is 0 Å². The Bertz CT molecular complexity index is 994. The quantitative estimate of drug-likeness (QED) is 0.467. The molecule has 0 radical (unpaired) electrons. The van der Waals surface area contributed by atoms with Gasteiger partial charge in [0.2, 0.25) is 11.7 Å². The Morgan fingerprint density at radius 2 is 2.06 bits per heavy atom. The second kappa shape index (κ2) is 11.0. The average Bonchev–Trinajstić information content (AvgIpc) is 3.42. The van der Waals surface area contributed by atoms with Crippen molar-refractivity contribution in [2.45, 2.75) is 58.7 Å². The lowest BCUT2D eigenvalue weighted by molar-refractivity contribution is -0.138. The Morgan fingerprint density at radius 3 is 2.76 bits per heavy atom. The van der Waals surface area contributed by atoms with Gasteiger partial charge < -0.3 is 15.0 Å². The van der Waals surface area contributed by atoms with Gasteiger partial charge >= 0.3 is 6.18 Å². The average molecular weight is 465 g/mol. The molecular formula is C24H31F3N4O2. The number of alkyl halides is 3. The summed E-state index contributed by atoms with van der Waals surface area (Å²) in [5.41, 5.74) is 7.40. The third-order valence-electron chi connectivity index (χ3n) is 5.63. The Kier molecular flexibility index (Phi) is 8.31. The summed E-state index contributed by atoms with van der Waals surface area (Å²) in [5, 5.41) is 3.90. The van der Waals surface area contributed by atoms with Gasteiger partial charge in [-0.15, -0.1) is 0 Å². The first-order chi connectivity index (χ1) is 15.7. The zero-order valence-electron chi connectivity index (χ0n) is 19.3. The molecule has 1 aliphatic heterocycles. The minimum Gasteiger partial charge on any atom is -0.489 e. The number of benzene rings is 1. The van der Waals surface area contributed by atoms with E-state index >= 15 is 0 Å². The van der Waals surface area contributed by atoms with E-state index in [1.165, 1.54) is 17.7 Å². The number of ether oxygens (including phenoxy) is 1. The summed E-state index contributed by atoms with van der Waals surface area (Å²) in [5.74, 6) is 0.255. The molecule has 1 aromatic heterocycles. The van der Waals surface area contributed by atoms with Crippen LogP contribution >= 0.6 is 0 Å². The van der Waals surface area contributed by atoms with E-state index in [-0.39, 0.29) is 29.8 Å². The van der Waals surface area contributed by atoms with E-state index in [9.17, 15) is 13.2 Å². The van der Waals surface area contributed by atoms with Crippen LogP contribution in [0.1, 0.15) is 64.0 Å². The van der Waals surface area contributed by atoms with Gasteiger partial charge in [-0.05, 0) is 70.7 Å². The maximum Gasteiger partial charge on any atom is 0.419 e. The smallest absolute Gasteiger partial charge is 0.419 e.